The van der Waals surface area contributed by atoms with Crippen molar-refractivity contribution in [2.24, 2.45) is 0 Å². The van der Waals surface area contributed by atoms with Gasteiger partial charge in [-0.3, -0.25) is 4.79 Å². The molecule has 0 heterocycles. The zero-order chi connectivity index (χ0) is 18.4. The van der Waals surface area contributed by atoms with Crippen LogP contribution in [-0.2, 0) is 14.3 Å². The van der Waals surface area contributed by atoms with Gasteiger partial charge >= 0.3 is 5.97 Å². The number of benzene rings is 2. The molecule has 0 atom stereocenters. The Kier molecular flexibility index (Phi) is 6.04. The second-order valence-corrected chi connectivity index (χ2v) is 6.50. The highest BCUT2D eigenvalue weighted by molar-refractivity contribution is 6.30. The van der Waals surface area contributed by atoms with Crippen molar-refractivity contribution in [2.45, 2.75) is 26.4 Å². The van der Waals surface area contributed by atoms with E-state index in [-0.39, 0.29) is 6.61 Å². The van der Waals surface area contributed by atoms with Gasteiger partial charge in [-0.15, -0.1) is 0 Å². The minimum absolute atomic E-state index is 0.389. The van der Waals surface area contributed by atoms with Crippen LogP contribution in [0.2, 0.25) is 5.02 Å². The second kappa shape index (κ2) is 8.03. The quantitative estimate of drug-likeness (QED) is 0.790. The summed E-state index contributed by atoms with van der Waals surface area (Å²) in [5.74, 6) is -0.571. The summed E-state index contributed by atoms with van der Waals surface area (Å²) in [4.78, 5) is 24.1. The van der Waals surface area contributed by atoms with Crippen LogP contribution in [0.3, 0.4) is 0 Å². The number of esters is 1. The fourth-order valence-corrected chi connectivity index (χ4v) is 2.19. The van der Waals surface area contributed by atoms with Gasteiger partial charge in [-0.2, -0.15) is 0 Å². The minimum atomic E-state index is -1.24. The Hall–Kier alpha value is -2.53. The SMILES string of the molecule is Cc1cccc(NC(=O)COC(=O)C(C)(C)Oc2ccc(Cl)cc2)c1. The Morgan fingerprint density at radius 3 is 2.44 bits per heavy atom. The number of hydrogen-bond acceptors (Lipinski definition) is 4. The molecule has 132 valence electrons. The number of aryl methyl sites for hydroxylation is 1. The maximum atomic E-state index is 12.2. The summed E-state index contributed by atoms with van der Waals surface area (Å²) in [6.07, 6.45) is 0. The first-order valence-corrected chi connectivity index (χ1v) is 8.12. The molecule has 0 bridgehead atoms. The maximum Gasteiger partial charge on any atom is 0.350 e. The van der Waals surface area contributed by atoms with E-state index in [1.54, 1.807) is 44.2 Å². The largest absolute Gasteiger partial charge is 0.476 e. The van der Waals surface area contributed by atoms with Gasteiger partial charge < -0.3 is 14.8 Å². The van der Waals surface area contributed by atoms with Crippen molar-refractivity contribution in [3.8, 4) is 5.75 Å². The summed E-state index contributed by atoms with van der Waals surface area (Å²) < 4.78 is 10.7. The topological polar surface area (TPSA) is 64.6 Å². The summed E-state index contributed by atoms with van der Waals surface area (Å²) in [6, 6.07) is 14.0. The van der Waals surface area contributed by atoms with Gasteiger partial charge in [0.2, 0.25) is 0 Å². The van der Waals surface area contributed by atoms with E-state index in [1.165, 1.54) is 0 Å². The van der Waals surface area contributed by atoms with E-state index in [0.29, 0.717) is 16.5 Å². The molecule has 1 N–H and O–H groups in total. The number of amides is 1. The number of anilines is 1. The highest BCUT2D eigenvalue weighted by Crippen LogP contribution is 2.21. The van der Waals surface area contributed by atoms with E-state index in [4.69, 9.17) is 21.1 Å². The van der Waals surface area contributed by atoms with E-state index in [2.05, 4.69) is 5.32 Å². The molecule has 0 aliphatic heterocycles. The average molecular weight is 362 g/mol. The monoisotopic (exact) mass is 361 g/mol. The van der Waals surface area contributed by atoms with Crippen molar-refractivity contribution in [3.63, 3.8) is 0 Å². The van der Waals surface area contributed by atoms with Crippen molar-refractivity contribution in [1.82, 2.24) is 0 Å². The summed E-state index contributed by atoms with van der Waals surface area (Å²) in [6.45, 7) is 4.68. The highest BCUT2D eigenvalue weighted by atomic mass is 35.5. The van der Waals surface area contributed by atoms with Crippen molar-refractivity contribution >= 4 is 29.2 Å². The molecular weight excluding hydrogens is 342 g/mol. The van der Waals surface area contributed by atoms with Gasteiger partial charge in [-0.25, -0.2) is 4.79 Å². The van der Waals surface area contributed by atoms with E-state index in [9.17, 15) is 9.59 Å². The van der Waals surface area contributed by atoms with E-state index < -0.39 is 17.5 Å². The lowest BCUT2D eigenvalue weighted by molar-refractivity contribution is -0.161. The van der Waals surface area contributed by atoms with Crippen LogP contribution in [0.15, 0.2) is 48.5 Å². The molecular formula is C19H20ClNO4. The number of rotatable bonds is 6. The van der Waals surface area contributed by atoms with Crippen LogP contribution in [0.25, 0.3) is 0 Å². The molecule has 0 spiro atoms. The first kappa shape index (κ1) is 18.8. The summed E-state index contributed by atoms with van der Waals surface area (Å²) >= 11 is 5.81. The van der Waals surface area contributed by atoms with E-state index in [1.807, 2.05) is 25.1 Å². The molecule has 25 heavy (non-hydrogen) atoms. The lowest BCUT2D eigenvalue weighted by Gasteiger charge is -2.24. The molecule has 0 radical (unpaired) electrons. The van der Waals surface area contributed by atoms with Gasteiger partial charge in [-0.05, 0) is 62.7 Å². The van der Waals surface area contributed by atoms with Crippen molar-refractivity contribution < 1.29 is 19.1 Å². The van der Waals surface area contributed by atoms with Crippen LogP contribution < -0.4 is 10.1 Å². The number of hydrogen-bond donors (Lipinski definition) is 1. The van der Waals surface area contributed by atoms with Crippen LogP contribution in [0.5, 0.6) is 5.75 Å². The average Bonchev–Trinajstić information content (AvgIpc) is 2.54. The van der Waals surface area contributed by atoms with Gasteiger partial charge in [0.1, 0.15) is 5.75 Å². The van der Waals surface area contributed by atoms with Crippen molar-refractivity contribution in [2.75, 3.05) is 11.9 Å². The number of nitrogens with one attached hydrogen (secondary N) is 1. The Morgan fingerprint density at radius 1 is 1.12 bits per heavy atom. The molecule has 2 rings (SSSR count). The Labute approximate surface area is 151 Å². The second-order valence-electron chi connectivity index (χ2n) is 6.06. The number of ether oxygens (including phenoxy) is 2. The Bertz CT molecular complexity index is 756. The third-order valence-electron chi connectivity index (χ3n) is 3.31. The smallest absolute Gasteiger partial charge is 0.350 e. The number of carbonyl (C=O) groups is 2. The van der Waals surface area contributed by atoms with Gasteiger partial charge in [0, 0.05) is 10.7 Å². The van der Waals surface area contributed by atoms with Gasteiger partial charge in [0.15, 0.2) is 12.2 Å². The number of carbonyl (C=O) groups excluding carboxylic acids is 2. The molecule has 1 amide bonds. The Balaban J connectivity index is 1.87. The van der Waals surface area contributed by atoms with Crippen LogP contribution in [0.4, 0.5) is 5.69 Å². The molecule has 0 unspecified atom stereocenters. The number of halogens is 1. The lowest BCUT2D eigenvalue weighted by Crippen LogP contribution is -2.41. The molecule has 0 aromatic heterocycles. The zero-order valence-electron chi connectivity index (χ0n) is 14.3. The normalized spacial score (nSPS) is 10.9. The predicted molar refractivity (Wildman–Crippen MR) is 96.9 cm³/mol. The summed E-state index contributed by atoms with van der Waals surface area (Å²) in [5.41, 5.74) is 0.433. The molecule has 0 saturated heterocycles. The van der Waals surface area contributed by atoms with E-state index >= 15 is 0 Å². The zero-order valence-corrected chi connectivity index (χ0v) is 15.1. The molecule has 0 aliphatic rings. The summed E-state index contributed by atoms with van der Waals surface area (Å²) in [7, 11) is 0. The van der Waals surface area contributed by atoms with Crippen LogP contribution in [0, 0.1) is 6.92 Å². The first-order chi connectivity index (χ1) is 11.8. The summed E-state index contributed by atoms with van der Waals surface area (Å²) in [5, 5.41) is 3.24. The standard InChI is InChI=1S/C19H20ClNO4/c1-13-5-4-6-15(11-13)21-17(22)12-24-18(23)19(2,3)25-16-9-7-14(20)8-10-16/h4-11H,12H2,1-3H3,(H,21,22). The van der Waals surface area contributed by atoms with Crippen LogP contribution >= 0.6 is 11.6 Å². The third-order valence-corrected chi connectivity index (χ3v) is 3.57. The lowest BCUT2D eigenvalue weighted by atomic mass is 10.1. The van der Waals surface area contributed by atoms with Crippen molar-refractivity contribution in [1.29, 1.82) is 0 Å². The Morgan fingerprint density at radius 2 is 1.80 bits per heavy atom. The van der Waals surface area contributed by atoms with Crippen molar-refractivity contribution in [3.05, 3.63) is 59.1 Å². The maximum absolute atomic E-state index is 12.2. The molecule has 2 aromatic carbocycles. The fraction of sp³-hybridized carbons (Fsp3) is 0.263. The first-order valence-electron chi connectivity index (χ1n) is 7.74. The van der Waals surface area contributed by atoms with Gasteiger partial charge in [0.05, 0.1) is 0 Å². The molecule has 6 heteroatoms. The minimum Gasteiger partial charge on any atom is -0.476 e. The molecule has 0 saturated carbocycles. The molecule has 5 nitrogen and oxygen atoms in total. The molecule has 0 aliphatic carbocycles. The molecule has 0 fully saturated rings. The highest BCUT2D eigenvalue weighted by Gasteiger charge is 2.32. The van der Waals surface area contributed by atoms with E-state index in [0.717, 1.165) is 5.56 Å². The van der Waals surface area contributed by atoms with Crippen LogP contribution in [0.1, 0.15) is 19.4 Å². The fourth-order valence-electron chi connectivity index (χ4n) is 2.06. The van der Waals surface area contributed by atoms with Gasteiger partial charge in [0.25, 0.3) is 5.91 Å². The predicted octanol–water partition coefficient (Wildman–Crippen LogP) is 3.99. The third kappa shape index (κ3) is 5.80. The van der Waals surface area contributed by atoms with Gasteiger partial charge in [-0.1, -0.05) is 23.7 Å². The van der Waals surface area contributed by atoms with Crippen LogP contribution in [-0.4, -0.2) is 24.1 Å². The molecule has 2 aromatic rings.